The first-order valence-electron chi connectivity index (χ1n) is 9.12. The van der Waals surface area contributed by atoms with Crippen LogP contribution in [-0.4, -0.2) is 15.9 Å². The first kappa shape index (κ1) is 16.9. The summed E-state index contributed by atoms with van der Waals surface area (Å²) < 4.78 is 32.4. The van der Waals surface area contributed by atoms with Crippen LogP contribution in [0, 0.1) is 17.6 Å². The van der Waals surface area contributed by atoms with Gasteiger partial charge in [0.2, 0.25) is 5.91 Å². The van der Waals surface area contributed by atoms with Crippen molar-refractivity contribution in [3.8, 4) is 0 Å². The van der Waals surface area contributed by atoms with Gasteiger partial charge in [0, 0.05) is 23.3 Å². The average Bonchev–Trinajstić information content (AvgIpc) is 3.17. The Morgan fingerprint density at radius 3 is 2.86 bits per heavy atom. The Hall–Kier alpha value is -3.22. The molecule has 0 spiro atoms. The van der Waals surface area contributed by atoms with Gasteiger partial charge in [-0.05, 0) is 49.7 Å². The van der Waals surface area contributed by atoms with Gasteiger partial charge in [-0.1, -0.05) is 0 Å². The first-order chi connectivity index (χ1) is 13.5. The van der Waals surface area contributed by atoms with Crippen LogP contribution in [0.1, 0.15) is 36.9 Å². The second-order valence-corrected chi connectivity index (χ2v) is 7.29. The molecule has 1 unspecified atom stereocenters. The van der Waals surface area contributed by atoms with Crippen LogP contribution in [0.3, 0.4) is 0 Å². The molecule has 1 aliphatic carbocycles. The number of hydrogen-bond acceptors (Lipinski definition) is 3. The SMILES string of the molecule is C[C@@H](NC(=O)C1C[C@@H]1c1nc2cc(F)ccc2[nH]1)c1cc2cc(F)ccc2o1. The van der Waals surface area contributed by atoms with Gasteiger partial charge >= 0.3 is 0 Å². The molecule has 0 radical (unpaired) electrons. The molecule has 2 aromatic carbocycles. The fourth-order valence-electron chi connectivity index (χ4n) is 3.60. The van der Waals surface area contributed by atoms with E-state index in [0.29, 0.717) is 34.5 Å². The molecule has 0 saturated heterocycles. The van der Waals surface area contributed by atoms with E-state index in [1.54, 1.807) is 18.2 Å². The van der Waals surface area contributed by atoms with E-state index < -0.39 is 0 Å². The van der Waals surface area contributed by atoms with Gasteiger partial charge in [0.05, 0.1) is 17.1 Å². The molecular weight excluding hydrogens is 364 g/mol. The Kier molecular flexibility index (Phi) is 3.72. The number of imidazole rings is 1. The van der Waals surface area contributed by atoms with E-state index in [0.717, 1.165) is 5.52 Å². The van der Waals surface area contributed by atoms with Gasteiger partial charge in [0.15, 0.2) is 0 Å². The monoisotopic (exact) mass is 381 g/mol. The summed E-state index contributed by atoms with van der Waals surface area (Å²) in [5.41, 5.74) is 1.89. The fraction of sp³-hybridized carbons (Fsp3) is 0.238. The highest BCUT2D eigenvalue weighted by atomic mass is 19.1. The molecular formula is C21H17F2N3O2. The van der Waals surface area contributed by atoms with E-state index in [-0.39, 0.29) is 35.4 Å². The third-order valence-corrected chi connectivity index (χ3v) is 5.22. The van der Waals surface area contributed by atoms with Crippen molar-refractivity contribution < 1.29 is 18.0 Å². The number of amides is 1. The third-order valence-electron chi connectivity index (χ3n) is 5.22. The quantitative estimate of drug-likeness (QED) is 0.544. The zero-order valence-electron chi connectivity index (χ0n) is 15.0. The molecule has 1 fully saturated rings. The standard InChI is InChI=1S/C21H17F2N3O2/c1-10(19-7-11-6-12(22)3-5-18(11)28-19)24-21(27)15-9-14(15)20-25-16-4-2-13(23)8-17(16)26-20/h2-8,10,14-15H,9H2,1H3,(H,24,27)(H,25,26)/t10-,14+,15?/m1/s1. The maximum absolute atomic E-state index is 13.3. The molecule has 2 heterocycles. The van der Waals surface area contributed by atoms with E-state index in [1.807, 2.05) is 6.92 Å². The van der Waals surface area contributed by atoms with E-state index in [2.05, 4.69) is 15.3 Å². The zero-order chi connectivity index (χ0) is 19.4. The molecule has 1 amide bonds. The number of benzene rings is 2. The Balaban J connectivity index is 1.28. The number of fused-ring (bicyclic) bond motifs is 2. The summed E-state index contributed by atoms with van der Waals surface area (Å²) in [6, 6.07) is 10.1. The number of halogens is 2. The molecule has 2 N–H and O–H groups in total. The highest BCUT2D eigenvalue weighted by Gasteiger charge is 2.46. The summed E-state index contributed by atoms with van der Waals surface area (Å²) >= 11 is 0. The summed E-state index contributed by atoms with van der Waals surface area (Å²) in [6.07, 6.45) is 0.687. The number of H-pyrrole nitrogens is 1. The van der Waals surface area contributed by atoms with Gasteiger partial charge in [-0.3, -0.25) is 4.79 Å². The maximum Gasteiger partial charge on any atom is 0.224 e. The highest BCUT2D eigenvalue weighted by Crippen LogP contribution is 2.47. The lowest BCUT2D eigenvalue weighted by Crippen LogP contribution is -2.28. The van der Waals surface area contributed by atoms with Crippen molar-refractivity contribution in [2.24, 2.45) is 5.92 Å². The zero-order valence-corrected chi connectivity index (χ0v) is 15.0. The molecule has 5 nitrogen and oxygen atoms in total. The Morgan fingerprint density at radius 2 is 2.00 bits per heavy atom. The van der Waals surface area contributed by atoms with E-state index in [1.165, 1.54) is 24.3 Å². The normalized spacial score (nSPS) is 19.8. The Morgan fingerprint density at radius 1 is 1.21 bits per heavy atom. The van der Waals surface area contributed by atoms with Crippen molar-refractivity contribution in [2.45, 2.75) is 25.3 Å². The lowest BCUT2D eigenvalue weighted by atomic mass is 10.2. The van der Waals surface area contributed by atoms with Crippen molar-refractivity contribution in [1.29, 1.82) is 0 Å². The second kappa shape index (κ2) is 6.15. The number of aromatic nitrogens is 2. The van der Waals surface area contributed by atoms with Crippen LogP contribution in [-0.2, 0) is 4.79 Å². The maximum atomic E-state index is 13.3. The number of nitrogens with zero attached hydrogens (tertiary/aromatic N) is 1. The summed E-state index contributed by atoms with van der Waals surface area (Å²) in [5.74, 6) is 0.328. The van der Waals surface area contributed by atoms with Gasteiger partial charge in [0.1, 0.15) is 28.8 Å². The van der Waals surface area contributed by atoms with Gasteiger partial charge in [-0.15, -0.1) is 0 Å². The summed E-state index contributed by atoms with van der Waals surface area (Å²) in [6.45, 7) is 1.83. The summed E-state index contributed by atoms with van der Waals surface area (Å²) in [7, 11) is 0. The number of aromatic amines is 1. The van der Waals surface area contributed by atoms with Crippen LogP contribution in [0.15, 0.2) is 46.9 Å². The van der Waals surface area contributed by atoms with Crippen LogP contribution in [0.2, 0.25) is 0 Å². The van der Waals surface area contributed by atoms with Crippen LogP contribution in [0.4, 0.5) is 8.78 Å². The van der Waals surface area contributed by atoms with Crippen LogP contribution in [0.25, 0.3) is 22.0 Å². The first-order valence-corrected chi connectivity index (χ1v) is 9.12. The molecule has 3 atom stereocenters. The molecule has 2 aromatic heterocycles. The Labute approximate surface area is 158 Å². The summed E-state index contributed by atoms with van der Waals surface area (Å²) in [5, 5.41) is 3.61. The fourth-order valence-corrected chi connectivity index (χ4v) is 3.60. The van der Waals surface area contributed by atoms with Crippen LogP contribution in [0.5, 0.6) is 0 Å². The minimum Gasteiger partial charge on any atom is -0.459 e. The molecule has 142 valence electrons. The molecule has 7 heteroatoms. The van der Waals surface area contributed by atoms with Gasteiger partial charge in [0.25, 0.3) is 0 Å². The van der Waals surface area contributed by atoms with E-state index in [9.17, 15) is 13.6 Å². The third kappa shape index (κ3) is 2.93. The minimum absolute atomic E-state index is 0.00701. The predicted molar refractivity (Wildman–Crippen MR) is 99.6 cm³/mol. The predicted octanol–water partition coefficient (Wildman–Crippen LogP) is 4.57. The number of nitrogens with one attached hydrogen (secondary N) is 2. The van der Waals surface area contributed by atoms with Crippen molar-refractivity contribution >= 4 is 27.9 Å². The summed E-state index contributed by atoms with van der Waals surface area (Å²) in [4.78, 5) is 20.2. The molecule has 28 heavy (non-hydrogen) atoms. The molecule has 4 aromatic rings. The smallest absolute Gasteiger partial charge is 0.224 e. The minimum atomic E-state index is -0.339. The molecule has 1 saturated carbocycles. The van der Waals surface area contributed by atoms with Crippen molar-refractivity contribution in [3.63, 3.8) is 0 Å². The molecule has 5 rings (SSSR count). The van der Waals surface area contributed by atoms with E-state index >= 15 is 0 Å². The average molecular weight is 381 g/mol. The van der Waals surface area contributed by atoms with E-state index in [4.69, 9.17) is 4.42 Å². The van der Waals surface area contributed by atoms with Gasteiger partial charge in [-0.25, -0.2) is 13.8 Å². The largest absolute Gasteiger partial charge is 0.459 e. The topological polar surface area (TPSA) is 70.9 Å². The molecule has 0 bridgehead atoms. The highest BCUT2D eigenvalue weighted by molar-refractivity contribution is 5.84. The number of carbonyl (C=O) groups excluding carboxylic acids is 1. The van der Waals surface area contributed by atoms with Gasteiger partial charge < -0.3 is 14.7 Å². The number of rotatable bonds is 4. The van der Waals surface area contributed by atoms with Crippen molar-refractivity contribution in [3.05, 3.63) is 65.7 Å². The second-order valence-electron chi connectivity index (χ2n) is 7.29. The number of carbonyl (C=O) groups is 1. The van der Waals surface area contributed by atoms with Crippen molar-refractivity contribution in [2.75, 3.05) is 0 Å². The molecule has 1 aliphatic rings. The van der Waals surface area contributed by atoms with Crippen LogP contribution < -0.4 is 5.32 Å². The number of hydrogen-bond donors (Lipinski definition) is 2. The van der Waals surface area contributed by atoms with Gasteiger partial charge in [-0.2, -0.15) is 0 Å². The number of furan rings is 1. The lowest BCUT2D eigenvalue weighted by molar-refractivity contribution is -0.123. The lowest BCUT2D eigenvalue weighted by Gasteiger charge is -2.11. The van der Waals surface area contributed by atoms with Crippen LogP contribution >= 0.6 is 0 Å². The Bertz CT molecular complexity index is 1210. The van der Waals surface area contributed by atoms with Crippen molar-refractivity contribution in [1.82, 2.24) is 15.3 Å². The molecule has 0 aliphatic heterocycles.